The lowest BCUT2D eigenvalue weighted by Crippen LogP contribution is -2.47. The molecule has 0 unspecified atom stereocenters. The van der Waals surface area contributed by atoms with Gasteiger partial charge in [0, 0.05) is 38.4 Å². The Balaban J connectivity index is 1.46. The van der Waals surface area contributed by atoms with Gasteiger partial charge in [-0.1, -0.05) is 12.1 Å². The molecule has 0 radical (unpaired) electrons. The normalized spacial score (nSPS) is 21.8. The molecule has 0 N–H and O–H groups in total. The van der Waals surface area contributed by atoms with Crippen LogP contribution in [0.25, 0.3) is 0 Å². The summed E-state index contributed by atoms with van der Waals surface area (Å²) in [7, 11) is 1.68. The number of amides is 1. The van der Waals surface area contributed by atoms with Crippen LogP contribution in [0.5, 0.6) is 5.75 Å². The monoisotopic (exact) mass is 376 g/mol. The van der Waals surface area contributed by atoms with Gasteiger partial charge in [-0.15, -0.1) is 0 Å². The molecule has 4 heterocycles. The lowest BCUT2D eigenvalue weighted by molar-refractivity contribution is 0.0584. The number of pyridine rings is 1. The number of fused-ring (bicyclic) bond motifs is 4. The molecule has 3 fully saturated rings. The van der Waals surface area contributed by atoms with Crippen LogP contribution in [0.1, 0.15) is 34.5 Å². The summed E-state index contributed by atoms with van der Waals surface area (Å²) >= 11 is 0. The third-order valence-electron chi connectivity index (χ3n) is 5.74. The van der Waals surface area contributed by atoms with Gasteiger partial charge in [0.2, 0.25) is 0 Å². The summed E-state index contributed by atoms with van der Waals surface area (Å²) in [5.74, 6) is 1.39. The largest absolute Gasteiger partial charge is 0.497 e. The Labute approximate surface area is 165 Å². The smallest absolute Gasteiger partial charge is 0.255 e. The minimum absolute atomic E-state index is 0.0259. The Kier molecular flexibility index (Phi) is 5.27. The SMILES string of the molecule is COc1ccc(CN2C[C@@H]3CC[C@H](C2)N(C(=O)c2ccc(C#N)nc2)C3)cc1. The van der Waals surface area contributed by atoms with E-state index < -0.39 is 0 Å². The number of carbonyl (C=O) groups excluding carboxylic acids is 1. The second-order valence-corrected chi connectivity index (χ2v) is 7.64. The number of ether oxygens (including phenoxy) is 1. The van der Waals surface area contributed by atoms with E-state index in [-0.39, 0.29) is 11.9 Å². The van der Waals surface area contributed by atoms with E-state index in [0.717, 1.165) is 38.3 Å². The van der Waals surface area contributed by atoms with Gasteiger partial charge in [0.1, 0.15) is 17.5 Å². The van der Waals surface area contributed by atoms with Gasteiger partial charge in [-0.2, -0.15) is 5.26 Å². The van der Waals surface area contributed by atoms with Crippen molar-refractivity contribution in [2.75, 3.05) is 26.7 Å². The number of piperidine rings is 1. The quantitative estimate of drug-likeness (QED) is 0.821. The predicted molar refractivity (Wildman–Crippen MR) is 105 cm³/mol. The fraction of sp³-hybridized carbons (Fsp3) is 0.409. The molecule has 0 aliphatic carbocycles. The molecule has 3 saturated heterocycles. The summed E-state index contributed by atoms with van der Waals surface area (Å²) in [6.07, 6.45) is 3.73. The van der Waals surface area contributed by atoms with E-state index in [9.17, 15) is 4.79 Å². The predicted octanol–water partition coefficient (Wildman–Crippen LogP) is 2.70. The highest BCUT2D eigenvalue weighted by molar-refractivity contribution is 5.94. The Morgan fingerprint density at radius 3 is 2.68 bits per heavy atom. The van der Waals surface area contributed by atoms with Crippen molar-refractivity contribution in [1.29, 1.82) is 5.26 Å². The van der Waals surface area contributed by atoms with Crippen LogP contribution in [0, 0.1) is 17.2 Å². The third kappa shape index (κ3) is 3.85. The van der Waals surface area contributed by atoms with E-state index >= 15 is 0 Å². The van der Waals surface area contributed by atoms with Crippen molar-refractivity contribution in [2.45, 2.75) is 25.4 Å². The number of hydrogen-bond acceptors (Lipinski definition) is 5. The summed E-state index contributed by atoms with van der Waals surface area (Å²) in [6.45, 7) is 3.58. The number of carbonyl (C=O) groups is 1. The van der Waals surface area contributed by atoms with Crippen molar-refractivity contribution in [3.8, 4) is 11.8 Å². The highest BCUT2D eigenvalue weighted by atomic mass is 16.5. The highest BCUT2D eigenvalue weighted by Gasteiger charge is 2.37. The maximum absolute atomic E-state index is 13.0. The minimum atomic E-state index is 0.0259. The van der Waals surface area contributed by atoms with Crippen LogP contribution < -0.4 is 4.74 Å². The highest BCUT2D eigenvalue weighted by Crippen LogP contribution is 2.30. The van der Waals surface area contributed by atoms with Crippen molar-refractivity contribution < 1.29 is 9.53 Å². The Hall–Kier alpha value is -2.91. The maximum Gasteiger partial charge on any atom is 0.255 e. The summed E-state index contributed by atoms with van der Waals surface area (Å²) in [5.41, 5.74) is 2.16. The van der Waals surface area contributed by atoms with Crippen molar-refractivity contribution in [3.63, 3.8) is 0 Å². The molecule has 28 heavy (non-hydrogen) atoms. The Morgan fingerprint density at radius 1 is 1.18 bits per heavy atom. The fourth-order valence-corrected chi connectivity index (χ4v) is 4.30. The molecular formula is C22H24N4O2. The zero-order chi connectivity index (χ0) is 19.5. The fourth-order valence-electron chi connectivity index (χ4n) is 4.30. The van der Waals surface area contributed by atoms with Gasteiger partial charge in [-0.05, 0) is 48.6 Å². The van der Waals surface area contributed by atoms with E-state index in [0.29, 0.717) is 17.2 Å². The molecule has 1 aromatic carbocycles. The molecule has 5 rings (SSSR count). The van der Waals surface area contributed by atoms with Crippen LogP contribution in [0.15, 0.2) is 42.6 Å². The second-order valence-electron chi connectivity index (χ2n) is 7.64. The molecule has 144 valence electrons. The first-order valence-corrected chi connectivity index (χ1v) is 9.68. The van der Waals surface area contributed by atoms with Crippen LogP contribution in [-0.4, -0.2) is 53.5 Å². The average Bonchev–Trinajstić information content (AvgIpc) is 3.04. The summed E-state index contributed by atoms with van der Waals surface area (Å²) in [5, 5.41) is 8.90. The number of rotatable bonds is 4. The van der Waals surface area contributed by atoms with Gasteiger partial charge in [-0.25, -0.2) is 4.98 Å². The third-order valence-corrected chi connectivity index (χ3v) is 5.74. The van der Waals surface area contributed by atoms with Gasteiger partial charge >= 0.3 is 0 Å². The Bertz CT molecular complexity index is 873. The van der Waals surface area contributed by atoms with E-state index in [4.69, 9.17) is 10.00 Å². The standard InChI is InChI=1S/C22H24N4O2/c1-28-21-8-3-16(4-9-21)12-25-13-17-2-7-20(15-25)26(14-17)22(27)18-5-6-19(10-23)24-11-18/h3-6,8-9,11,17,20H,2,7,12-15H2,1H3/t17-,20+/m0/s1. The second kappa shape index (κ2) is 7.99. The molecule has 1 aromatic heterocycles. The van der Waals surface area contributed by atoms with Gasteiger partial charge in [-0.3, -0.25) is 9.69 Å². The number of nitrogens with zero attached hydrogens (tertiary/aromatic N) is 4. The molecule has 6 nitrogen and oxygen atoms in total. The van der Waals surface area contributed by atoms with Crippen molar-refractivity contribution in [3.05, 3.63) is 59.4 Å². The van der Waals surface area contributed by atoms with Gasteiger partial charge in [0.15, 0.2) is 0 Å². The van der Waals surface area contributed by atoms with E-state index in [1.807, 2.05) is 23.1 Å². The lowest BCUT2D eigenvalue weighted by atomic mass is 9.94. The van der Waals surface area contributed by atoms with Gasteiger partial charge < -0.3 is 9.64 Å². The molecule has 1 amide bonds. The topological polar surface area (TPSA) is 69.5 Å². The molecule has 2 aromatic rings. The van der Waals surface area contributed by atoms with E-state index in [1.54, 1.807) is 19.2 Å². The van der Waals surface area contributed by atoms with Crippen LogP contribution in [0.3, 0.4) is 0 Å². The number of benzene rings is 1. The van der Waals surface area contributed by atoms with Crippen molar-refractivity contribution in [1.82, 2.24) is 14.8 Å². The van der Waals surface area contributed by atoms with Crippen LogP contribution in [-0.2, 0) is 6.54 Å². The van der Waals surface area contributed by atoms with Gasteiger partial charge in [0.05, 0.1) is 12.7 Å². The van der Waals surface area contributed by atoms with Crippen molar-refractivity contribution >= 4 is 5.91 Å². The number of methoxy groups -OCH3 is 1. The van der Waals surface area contributed by atoms with E-state index in [1.165, 1.54) is 18.2 Å². The van der Waals surface area contributed by atoms with Crippen molar-refractivity contribution in [2.24, 2.45) is 5.92 Å². The zero-order valence-electron chi connectivity index (χ0n) is 16.0. The first-order valence-electron chi connectivity index (χ1n) is 9.68. The van der Waals surface area contributed by atoms with Crippen LogP contribution in [0.2, 0.25) is 0 Å². The molecule has 2 bridgehead atoms. The average molecular weight is 376 g/mol. The number of aromatic nitrogens is 1. The Morgan fingerprint density at radius 2 is 2.00 bits per heavy atom. The minimum Gasteiger partial charge on any atom is -0.497 e. The first kappa shape index (κ1) is 18.5. The molecule has 3 aliphatic rings. The van der Waals surface area contributed by atoms with Gasteiger partial charge in [0.25, 0.3) is 5.91 Å². The summed E-state index contributed by atoms with van der Waals surface area (Å²) in [6, 6.07) is 13.7. The number of hydrogen-bond donors (Lipinski definition) is 0. The molecule has 3 aliphatic heterocycles. The molecular weight excluding hydrogens is 352 g/mol. The molecule has 2 atom stereocenters. The zero-order valence-corrected chi connectivity index (χ0v) is 16.0. The van der Waals surface area contributed by atoms with Crippen LogP contribution >= 0.6 is 0 Å². The summed E-state index contributed by atoms with van der Waals surface area (Å²) < 4.78 is 5.24. The molecule has 6 heteroatoms. The number of nitriles is 1. The van der Waals surface area contributed by atoms with Crippen LogP contribution in [0.4, 0.5) is 0 Å². The lowest BCUT2D eigenvalue weighted by Gasteiger charge is -2.36. The molecule has 0 spiro atoms. The first-order chi connectivity index (χ1) is 13.7. The summed E-state index contributed by atoms with van der Waals surface area (Å²) in [4.78, 5) is 21.6. The molecule has 0 saturated carbocycles. The maximum atomic E-state index is 13.0. The van der Waals surface area contributed by atoms with E-state index in [2.05, 4.69) is 22.0 Å².